The molecule has 0 atom stereocenters. The largest absolute Gasteiger partial charge is 2.00 e. The van der Waals surface area contributed by atoms with E-state index in [-0.39, 0.29) is 65.5 Å². The molecular formula is H2CaCoO2. The smallest absolute Gasteiger partial charge is 0.870 e. The molecule has 0 rings (SSSR count). The standard InChI is InChI=1S/Ca.Co.2H2O/h;;2*1H2/q+2;;;/p-2. The number of rotatable bonds is 0. The molecule has 4 heavy (non-hydrogen) atoms. The van der Waals surface area contributed by atoms with Crippen molar-refractivity contribution in [1.29, 1.82) is 0 Å². The Morgan fingerprint density at radius 2 is 0.750 bits per heavy atom. The van der Waals surface area contributed by atoms with E-state index in [4.69, 9.17) is 0 Å². The Morgan fingerprint density at radius 3 is 0.750 bits per heavy atom. The third-order valence-corrected chi connectivity index (χ3v) is 0. The molecule has 0 amide bonds. The summed E-state index contributed by atoms with van der Waals surface area (Å²) in [6, 6.07) is 0. The molecule has 0 aliphatic rings. The molecule has 0 heterocycles. The second kappa shape index (κ2) is 22.4. The normalized spacial score (nSPS) is 0. The molecule has 0 fully saturated rings. The van der Waals surface area contributed by atoms with Crippen LogP contribution in [0.1, 0.15) is 0 Å². The molecule has 2 nitrogen and oxygen atoms in total. The van der Waals surface area contributed by atoms with Gasteiger partial charge in [0.2, 0.25) is 0 Å². The van der Waals surface area contributed by atoms with E-state index in [9.17, 15) is 0 Å². The molecule has 0 aromatic carbocycles. The fraction of sp³-hybridized carbons (Fsp3) is 0. The van der Waals surface area contributed by atoms with Gasteiger partial charge in [-0.25, -0.2) is 0 Å². The maximum Gasteiger partial charge on any atom is 2.00 e. The van der Waals surface area contributed by atoms with Gasteiger partial charge in [0, 0.05) is 16.8 Å². The van der Waals surface area contributed by atoms with Crippen LogP contribution in [0.3, 0.4) is 0 Å². The van der Waals surface area contributed by atoms with E-state index in [0.29, 0.717) is 0 Å². The van der Waals surface area contributed by atoms with Gasteiger partial charge in [-0.1, -0.05) is 0 Å². The molecule has 4 heteroatoms. The topological polar surface area (TPSA) is 60.0 Å². The minimum Gasteiger partial charge on any atom is -0.870 e. The molecule has 0 aromatic rings. The minimum atomic E-state index is 0. The molecule has 0 unspecified atom stereocenters. The maximum absolute atomic E-state index is 0. The van der Waals surface area contributed by atoms with Crippen molar-refractivity contribution in [3.8, 4) is 0 Å². The molecule has 0 saturated heterocycles. The fourth-order valence-electron chi connectivity index (χ4n) is 0. The van der Waals surface area contributed by atoms with E-state index in [1.807, 2.05) is 0 Å². The van der Waals surface area contributed by atoms with Gasteiger partial charge in [-0.3, -0.25) is 0 Å². The van der Waals surface area contributed by atoms with Crippen LogP contribution in [-0.4, -0.2) is 48.7 Å². The third kappa shape index (κ3) is 9.35. The summed E-state index contributed by atoms with van der Waals surface area (Å²) < 4.78 is 0. The summed E-state index contributed by atoms with van der Waals surface area (Å²) in [7, 11) is 0. The van der Waals surface area contributed by atoms with Crippen LogP contribution >= 0.6 is 0 Å². The molecule has 0 aliphatic heterocycles. The number of hydrogen-bond donors (Lipinski definition) is 0. The molecule has 0 aliphatic carbocycles. The summed E-state index contributed by atoms with van der Waals surface area (Å²) in [5.74, 6) is 0. The Kier molecular flexibility index (Phi) is 246. The van der Waals surface area contributed by atoms with Gasteiger partial charge in [-0.05, 0) is 0 Å². The Morgan fingerprint density at radius 1 is 0.750 bits per heavy atom. The van der Waals surface area contributed by atoms with Crippen LogP contribution < -0.4 is 0 Å². The first kappa shape index (κ1) is 43.9. The predicted molar refractivity (Wildman–Crippen MR) is 9.63 cm³/mol. The van der Waals surface area contributed by atoms with Crippen molar-refractivity contribution in [2.24, 2.45) is 0 Å². The summed E-state index contributed by atoms with van der Waals surface area (Å²) in [4.78, 5) is 0. The van der Waals surface area contributed by atoms with Crippen LogP contribution in [-0.2, 0) is 16.8 Å². The molecule has 0 saturated carbocycles. The van der Waals surface area contributed by atoms with Gasteiger partial charge in [0.25, 0.3) is 0 Å². The molecular weight excluding hydrogens is 131 g/mol. The van der Waals surface area contributed by atoms with E-state index in [1.54, 1.807) is 0 Å². The first-order valence-electron chi connectivity index (χ1n) is 0. The van der Waals surface area contributed by atoms with Crippen LogP contribution in [0.15, 0.2) is 0 Å². The van der Waals surface area contributed by atoms with Crippen LogP contribution in [0.4, 0.5) is 0 Å². The van der Waals surface area contributed by atoms with Gasteiger partial charge in [0.05, 0.1) is 0 Å². The van der Waals surface area contributed by atoms with Gasteiger partial charge in [0.15, 0.2) is 0 Å². The molecule has 25 valence electrons. The van der Waals surface area contributed by atoms with E-state index in [1.165, 1.54) is 0 Å². The monoisotopic (exact) mass is 133 g/mol. The van der Waals surface area contributed by atoms with Gasteiger partial charge in [0.1, 0.15) is 0 Å². The van der Waals surface area contributed by atoms with Gasteiger partial charge >= 0.3 is 37.7 Å². The second-order valence-electron chi connectivity index (χ2n) is 0. The van der Waals surface area contributed by atoms with Crippen molar-refractivity contribution in [2.75, 3.05) is 0 Å². The summed E-state index contributed by atoms with van der Waals surface area (Å²) in [6.07, 6.45) is 0. The van der Waals surface area contributed by atoms with E-state index >= 15 is 0 Å². The average molecular weight is 133 g/mol. The van der Waals surface area contributed by atoms with Crippen molar-refractivity contribution in [3.05, 3.63) is 0 Å². The van der Waals surface area contributed by atoms with Gasteiger partial charge in [-0.2, -0.15) is 0 Å². The van der Waals surface area contributed by atoms with Gasteiger partial charge in [-0.15, -0.1) is 0 Å². The average Bonchev–Trinajstić information content (AvgIpc) is 0. The second-order valence-corrected chi connectivity index (χ2v) is 0. The van der Waals surface area contributed by atoms with E-state index in [2.05, 4.69) is 0 Å². The Bertz CT molecular complexity index is 6.00. The Hall–Kier alpha value is 1.69. The third-order valence-electron chi connectivity index (χ3n) is 0. The maximum atomic E-state index is 0. The summed E-state index contributed by atoms with van der Waals surface area (Å²) in [5, 5.41) is 0. The minimum absolute atomic E-state index is 0. The van der Waals surface area contributed by atoms with Crippen LogP contribution in [0.5, 0.6) is 0 Å². The Balaban J connectivity index is 0. The molecule has 2 N–H and O–H groups in total. The summed E-state index contributed by atoms with van der Waals surface area (Å²) in [6.45, 7) is 0. The quantitative estimate of drug-likeness (QED) is 0.408. The predicted octanol–water partition coefficient (Wildman–Crippen LogP) is -0.737. The first-order chi connectivity index (χ1) is 0. The fourth-order valence-corrected chi connectivity index (χ4v) is 0. The zero-order valence-corrected chi connectivity index (χ0v) is 5.18. The summed E-state index contributed by atoms with van der Waals surface area (Å²) in [5.41, 5.74) is 0. The molecule has 1 radical (unpaired) electrons. The van der Waals surface area contributed by atoms with Crippen molar-refractivity contribution in [3.63, 3.8) is 0 Å². The first-order valence-corrected chi connectivity index (χ1v) is 0. The van der Waals surface area contributed by atoms with Crippen LogP contribution in [0.25, 0.3) is 0 Å². The van der Waals surface area contributed by atoms with E-state index < -0.39 is 0 Å². The van der Waals surface area contributed by atoms with Crippen molar-refractivity contribution in [2.45, 2.75) is 0 Å². The Labute approximate surface area is 64.8 Å². The van der Waals surface area contributed by atoms with Crippen LogP contribution in [0.2, 0.25) is 0 Å². The van der Waals surface area contributed by atoms with Crippen LogP contribution in [0, 0.1) is 0 Å². The molecule has 0 spiro atoms. The summed E-state index contributed by atoms with van der Waals surface area (Å²) >= 11 is 0. The zero-order chi connectivity index (χ0) is 0. The zero-order valence-electron chi connectivity index (χ0n) is 1.93. The van der Waals surface area contributed by atoms with Crippen molar-refractivity contribution < 1.29 is 27.7 Å². The van der Waals surface area contributed by atoms with E-state index in [0.717, 1.165) is 0 Å². The molecule has 0 bridgehead atoms. The van der Waals surface area contributed by atoms with Crippen molar-refractivity contribution >= 4 is 37.7 Å². The SMILES string of the molecule is [Ca+2].[Co].[OH-].[OH-]. The molecule has 0 aromatic heterocycles. The van der Waals surface area contributed by atoms with Crippen molar-refractivity contribution in [1.82, 2.24) is 0 Å². The van der Waals surface area contributed by atoms with Gasteiger partial charge < -0.3 is 11.0 Å². The number of hydrogen-bond acceptors (Lipinski definition) is 2.